The zero-order valence-corrected chi connectivity index (χ0v) is 12.6. The zero-order chi connectivity index (χ0) is 15.2. The Hall–Kier alpha value is -1.30. The Morgan fingerprint density at radius 1 is 1.35 bits per heavy atom. The van der Waals surface area contributed by atoms with Gasteiger partial charge in [-0.1, -0.05) is 6.92 Å². The van der Waals surface area contributed by atoms with Crippen molar-refractivity contribution in [2.75, 3.05) is 13.2 Å². The molecule has 0 radical (unpaired) electrons. The molecule has 1 aliphatic carbocycles. The average Bonchev–Trinajstić information content (AvgIpc) is 2.37. The molecule has 0 unspecified atom stereocenters. The first kappa shape index (κ1) is 16.8. The smallest absolute Gasteiger partial charge is 0.329 e. The Morgan fingerprint density at radius 2 is 1.95 bits per heavy atom. The second-order valence-corrected chi connectivity index (χ2v) is 5.87. The first-order chi connectivity index (χ1) is 9.35. The van der Waals surface area contributed by atoms with Gasteiger partial charge in [-0.15, -0.1) is 0 Å². The zero-order valence-electron chi connectivity index (χ0n) is 12.6. The molecule has 3 N–H and O–H groups in total. The van der Waals surface area contributed by atoms with Gasteiger partial charge in [-0.25, -0.2) is 9.59 Å². The third-order valence-corrected chi connectivity index (χ3v) is 3.73. The maximum absolute atomic E-state index is 11.8. The first-order valence-corrected chi connectivity index (χ1v) is 7.27. The van der Waals surface area contributed by atoms with E-state index in [0.29, 0.717) is 31.9 Å². The Kier molecular flexibility index (Phi) is 6.26. The van der Waals surface area contributed by atoms with E-state index in [2.05, 4.69) is 17.6 Å². The quantitative estimate of drug-likeness (QED) is 0.649. The van der Waals surface area contributed by atoms with Gasteiger partial charge < -0.3 is 20.5 Å². The Bertz CT molecular complexity index is 336. The Balaban J connectivity index is 2.42. The van der Waals surface area contributed by atoms with Gasteiger partial charge in [-0.3, -0.25) is 0 Å². The van der Waals surface area contributed by atoms with Crippen LogP contribution in [-0.4, -0.2) is 41.9 Å². The molecule has 1 saturated carbocycles. The predicted molar refractivity (Wildman–Crippen MR) is 75.6 cm³/mol. The number of carbonyl (C=O) groups excluding carboxylic acids is 1. The van der Waals surface area contributed by atoms with Crippen LogP contribution in [0.4, 0.5) is 4.79 Å². The topological polar surface area (TPSA) is 87.7 Å². The number of carboxylic acids is 1. The number of carbonyl (C=O) groups is 2. The number of ether oxygens (including phenoxy) is 1. The van der Waals surface area contributed by atoms with E-state index in [1.54, 1.807) is 0 Å². The summed E-state index contributed by atoms with van der Waals surface area (Å²) in [7, 11) is 0. The van der Waals surface area contributed by atoms with Crippen molar-refractivity contribution in [3.63, 3.8) is 0 Å². The summed E-state index contributed by atoms with van der Waals surface area (Å²) in [4.78, 5) is 23.3. The molecule has 116 valence electrons. The normalized spacial score (nSPS) is 26.3. The van der Waals surface area contributed by atoms with Crippen molar-refractivity contribution >= 4 is 12.0 Å². The maximum Gasteiger partial charge on any atom is 0.329 e. The predicted octanol–water partition coefficient (Wildman–Crippen LogP) is 1.74. The highest BCUT2D eigenvalue weighted by molar-refractivity contribution is 5.86. The SMILES string of the molecule is CC1CCC(NC(=O)NCCOC(C)C)(C(=O)O)CC1. The lowest BCUT2D eigenvalue weighted by Crippen LogP contribution is -2.58. The minimum absolute atomic E-state index is 0.116. The van der Waals surface area contributed by atoms with Crippen molar-refractivity contribution in [1.29, 1.82) is 0 Å². The minimum atomic E-state index is -1.12. The van der Waals surface area contributed by atoms with Crippen molar-refractivity contribution in [2.24, 2.45) is 5.92 Å². The van der Waals surface area contributed by atoms with Crippen LogP contribution in [0.15, 0.2) is 0 Å². The van der Waals surface area contributed by atoms with Crippen molar-refractivity contribution in [1.82, 2.24) is 10.6 Å². The van der Waals surface area contributed by atoms with Crippen LogP contribution >= 0.6 is 0 Å². The molecular formula is C14H26N2O4. The molecule has 0 spiro atoms. The van der Waals surface area contributed by atoms with Gasteiger partial charge in [0.1, 0.15) is 5.54 Å². The number of aliphatic carboxylic acids is 1. The van der Waals surface area contributed by atoms with E-state index >= 15 is 0 Å². The van der Waals surface area contributed by atoms with E-state index in [-0.39, 0.29) is 6.10 Å². The van der Waals surface area contributed by atoms with Crippen molar-refractivity contribution < 1.29 is 19.4 Å². The second-order valence-electron chi connectivity index (χ2n) is 5.87. The Morgan fingerprint density at radius 3 is 2.45 bits per heavy atom. The van der Waals surface area contributed by atoms with Crippen LogP contribution in [0.5, 0.6) is 0 Å². The number of rotatable bonds is 6. The summed E-state index contributed by atoms with van der Waals surface area (Å²) in [5.41, 5.74) is -1.12. The molecule has 0 aliphatic heterocycles. The molecule has 20 heavy (non-hydrogen) atoms. The molecule has 0 aromatic heterocycles. The molecule has 2 amide bonds. The lowest BCUT2D eigenvalue weighted by molar-refractivity contribution is -0.146. The van der Waals surface area contributed by atoms with E-state index in [1.807, 2.05) is 13.8 Å². The molecule has 1 rings (SSSR count). The highest BCUT2D eigenvalue weighted by Gasteiger charge is 2.42. The van der Waals surface area contributed by atoms with Crippen LogP contribution in [0.3, 0.4) is 0 Å². The van der Waals surface area contributed by atoms with Gasteiger partial charge in [0, 0.05) is 6.54 Å². The summed E-state index contributed by atoms with van der Waals surface area (Å²) in [5.74, 6) is -0.426. The molecule has 0 heterocycles. The van der Waals surface area contributed by atoms with Gasteiger partial charge in [-0.05, 0) is 45.4 Å². The third kappa shape index (κ3) is 5.00. The van der Waals surface area contributed by atoms with E-state index in [4.69, 9.17) is 4.74 Å². The lowest BCUT2D eigenvalue weighted by Gasteiger charge is -2.36. The van der Waals surface area contributed by atoms with Gasteiger partial charge in [0.2, 0.25) is 0 Å². The molecule has 0 aromatic carbocycles. The fraction of sp³-hybridized carbons (Fsp3) is 0.857. The van der Waals surface area contributed by atoms with Crippen molar-refractivity contribution in [3.8, 4) is 0 Å². The van der Waals surface area contributed by atoms with E-state index in [0.717, 1.165) is 12.8 Å². The molecule has 0 saturated heterocycles. The summed E-state index contributed by atoms with van der Waals surface area (Å²) >= 11 is 0. The largest absolute Gasteiger partial charge is 0.480 e. The highest BCUT2D eigenvalue weighted by Crippen LogP contribution is 2.32. The summed E-state index contributed by atoms with van der Waals surface area (Å²) in [6.07, 6.45) is 2.73. The standard InChI is InChI=1S/C14H26N2O4/c1-10(2)20-9-8-15-13(19)16-14(12(17)18)6-4-11(3)5-7-14/h10-11H,4-9H2,1-3H3,(H,17,18)(H2,15,16,19). The number of carboxylic acid groups (broad SMARTS) is 1. The molecule has 0 bridgehead atoms. The fourth-order valence-electron chi connectivity index (χ4n) is 2.37. The first-order valence-electron chi connectivity index (χ1n) is 7.27. The van der Waals surface area contributed by atoms with Crippen LogP contribution in [0, 0.1) is 5.92 Å². The maximum atomic E-state index is 11.8. The van der Waals surface area contributed by atoms with Gasteiger partial charge in [-0.2, -0.15) is 0 Å². The molecule has 0 atom stereocenters. The highest BCUT2D eigenvalue weighted by atomic mass is 16.5. The van der Waals surface area contributed by atoms with Crippen LogP contribution in [0.2, 0.25) is 0 Å². The number of hydrogen-bond acceptors (Lipinski definition) is 3. The van der Waals surface area contributed by atoms with E-state index in [9.17, 15) is 14.7 Å². The van der Waals surface area contributed by atoms with E-state index < -0.39 is 17.5 Å². The fourth-order valence-corrected chi connectivity index (χ4v) is 2.37. The molecule has 0 aromatic rings. The van der Waals surface area contributed by atoms with Gasteiger partial charge in [0.05, 0.1) is 12.7 Å². The summed E-state index contributed by atoms with van der Waals surface area (Å²) in [6, 6.07) is -0.436. The van der Waals surface area contributed by atoms with Gasteiger partial charge in [0.15, 0.2) is 0 Å². The Labute approximate surface area is 120 Å². The monoisotopic (exact) mass is 286 g/mol. The van der Waals surface area contributed by atoms with Crippen molar-refractivity contribution in [2.45, 2.75) is 58.1 Å². The van der Waals surface area contributed by atoms with Gasteiger partial charge in [0.25, 0.3) is 0 Å². The second kappa shape index (κ2) is 7.47. The number of urea groups is 1. The minimum Gasteiger partial charge on any atom is -0.480 e. The van der Waals surface area contributed by atoms with Crippen LogP contribution in [-0.2, 0) is 9.53 Å². The molecule has 6 heteroatoms. The van der Waals surface area contributed by atoms with Crippen LogP contribution in [0.25, 0.3) is 0 Å². The van der Waals surface area contributed by atoms with E-state index in [1.165, 1.54) is 0 Å². The van der Waals surface area contributed by atoms with Gasteiger partial charge >= 0.3 is 12.0 Å². The summed E-state index contributed by atoms with van der Waals surface area (Å²) in [5, 5.41) is 14.7. The number of amides is 2. The number of hydrogen-bond donors (Lipinski definition) is 3. The van der Waals surface area contributed by atoms with Crippen LogP contribution in [0.1, 0.15) is 46.5 Å². The molecule has 6 nitrogen and oxygen atoms in total. The number of nitrogens with one attached hydrogen (secondary N) is 2. The molecule has 1 aliphatic rings. The summed E-state index contributed by atoms with van der Waals surface area (Å²) < 4.78 is 5.31. The third-order valence-electron chi connectivity index (χ3n) is 3.73. The van der Waals surface area contributed by atoms with Crippen LogP contribution < -0.4 is 10.6 Å². The van der Waals surface area contributed by atoms with Crippen molar-refractivity contribution in [3.05, 3.63) is 0 Å². The lowest BCUT2D eigenvalue weighted by atomic mass is 9.77. The summed E-state index contributed by atoms with van der Waals surface area (Å²) in [6.45, 7) is 6.73. The average molecular weight is 286 g/mol. The molecular weight excluding hydrogens is 260 g/mol. The molecule has 1 fully saturated rings.